The highest BCUT2D eigenvalue weighted by Crippen LogP contribution is 2.43. The lowest BCUT2D eigenvalue weighted by atomic mass is 10.3. The zero-order valence-electron chi connectivity index (χ0n) is 13.0. The molecule has 2 aromatic heterocycles. The van der Waals surface area contributed by atoms with Gasteiger partial charge in [0, 0.05) is 34.6 Å². The maximum atomic E-state index is 11.4. The first-order valence-electron chi connectivity index (χ1n) is 7.17. The molecule has 0 radical (unpaired) electrons. The quantitative estimate of drug-likeness (QED) is 0.446. The van der Waals surface area contributed by atoms with Crippen molar-refractivity contribution in [3.8, 4) is 0 Å². The summed E-state index contributed by atoms with van der Waals surface area (Å²) in [5.74, 6) is 0. The summed E-state index contributed by atoms with van der Waals surface area (Å²) in [6.45, 7) is 0. The van der Waals surface area contributed by atoms with Gasteiger partial charge in [-0.1, -0.05) is 23.5 Å². The van der Waals surface area contributed by atoms with E-state index < -0.39 is 9.85 Å². The average molecular weight is 386 g/mol. The van der Waals surface area contributed by atoms with E-state index in [1.165, 1.54) is 6.07 Å². The van der Waals surface area contributed by atoms with E-state index in [0.29, 0.717) is 9.79 Å². The lowest BCUT2D eigenvalue weighted by Crippen LogP contribution is -1.97. The minimum absolute atomic E-state index is 0.308. The van der Waals surface area contributed by atoms with Crippen molar-refractivity contribution in [2.24, 2.45) is 0 Å². The van der Waals surface area contributed by atoms with Gasteiger partial charge in [0.05, 0.1) is 25.7 Å². The number of hydrogen-bond acceptors (Lipinski definition) is 8. The Bertz CT molecular complexity index is 880. The number of nitro groups is 2. The van der Waals surface area contributed by atoms with Gasteiger partial charge in [0.1, 0.15) is 0 Å². The van der Waals surface area contributed by atoms with E-state index in [2.05, 4.69) is 9.97 Å². The second-order valence-corrected chi connectivity index (χ2v) is 7.10. The van der Waals surface area contributed by atoms with Crippen molar-refractivity contribution in [3.63, 3.8) is 0 Å². The van der Waals surface area contributed by atoms with Gasteiger partial charge in [-0.25, -0.2) is 0 Å². The van der Waals surface area contributed by atoms with Crippen LogP contribution in [0.1, 0.15) is 0 Å². The molecule has 0 atom stereocenters. The fraction of sp³-hybridized carbons (Fsp3) is 0. The van der Waals surface area contributed by atoms with Crippen molar-refractivity contribution in [2.45, 2.75) is 19.6 Å². The minimum Gasteiger partial charge on any atom is -0.265 e. The smallest absolute Gasteiger partial charge is 0.265 e. The standard InChI is InChI=1S/C16H10N4O4S2/c21-19(22)13-9-14(20(23)24)16(26-12-3-7-18-8-4-12)10-15(13)25-11-1-5-17-6-2-11/h1-10H. The highest BCUT2D eigenvalue weighted by atomic mass is 32.2. The van der Waals surface area contributed by atoms with Crippen LogP contribution < -0.4 is 0 Å². The van der Waals surface area contributed by atoms with E-state index in [1.54, 1.807) is 49.1 Å². The molecule has 0 saturated carbocycles. The van der Waals surface area contributed by atoms with Gasteiger partial charge < -0.3 is 0 Å². The van der Waals surface area contributed by atoms with Crippen molar-refractivity contribution in [3.05, 3.63) is 81.4 Å². The van der Waals surface area contributed by atoms with Crippen molar-refractivity contribution in [2.75, 3.05) is 0 Å². The molecule has 3 aromatic rings. The molecule has 0 aliphatic carbocycles. The van der Waals surface area contributed by atoms with Crippen molar-refractivity contribution in [1.82, 2.24) is 9.97 Å². The van der Waals surface area contributed by atoms with Crippen LogP contribution in [0.2, 0.25) is 0 Å². The molecule has 2 heterocycles. The molecule has 0 bridgehead atoms. The Labute approximate surface area is 156 Å². The molecule has 26 heavy (non-hydrogen) atoms. The van der Waals surface area contributed by atoms with Crippen LogP contribution in [0.5, 0.6) is 0 Å². The summed E-state index contributed by atoms with van der Waals surface area (Å²) in [5.41, 5.74) is -0.616. The minimum atomic E-state index is -0.614. The van der Waals surface area contributed by atoms with Gasteiger partial charge >= 0.3 is 0 Å². The van der Waals surface area contributed by atoms with Crippen LogP contribution in [0.15, 0.2) is 80.8 Å². The molecule has 0 unspecified atom stereocenters. The van der Waals surface area contributed by atoms with Gasteiger partial charge in [-0.3, -0.25) is 30.2 Å². The molecular formula is C16H10N4O4S2. The van der Waals surface area contributed by atoms with Gasteiger partial charge in [-0.15, -0.1) is 0 Å². The Kier molecular flexibility index (Phi) is 5.44. The first kappa shape index (κ1) is 17.8. The Morgan fingerprint density at radius 1 is 0.692 bits per heavy atom. The maximum Gasteiger partial charge on any atom is 0.290 e. The highest BCUT2D eigenvalue weighted by molar-refractivity contribution is 8.00. The summed E-state index contributed by atoms with van der Waals surface area (Å²) in [4.78, 5) is 31.5. The van der Waals surface area contributed by atoms with Crippen LogP contribution in [0.3, 0.4) is 0 Å². The van der Waals surface area contributed by atoms with Gasteiger partial charge in [-0.05, 0) is 30.3 Å². The summed E-state index contributed by atoms with van der Waals surface area (Å²) < 4.78 is 0. The lowest BCUT2D eigenvalue weighted by Gasteiger charge is -2.07. The van der Waals surface area contributed by atoms with Crippen molar-refractivity contribution >= 4 is 34.9 Å². The molecule has 0 amide bonds. The monoisotopic (exact) mass is 386 g/mol. The van der Waals surface area contributed by atoms with E-state index in [1.807, 2.05) is 0 Å². The largest absolute Gasteiger partial charge is 0.290 e. The molecular weight excluding hydrogens is 376 g/mol. The molecule has 0 N–H and O–H groups in total. The molecule has 0 aliphatic heterocycles. The normalized spacial score (nSPS) is 10.5. The third kappa shape index (κ3) is 4.16. The Balaban J connectivity index is 2.08. The molecule has 10 heteroatoms. The number of hydrogen-bond donors (Lipinski definition) is 0. The lowest BCUT2D eigenvalue weighted by molar-refractivity contribution is -0.397. The number of aromatic nitrogens is 2. The van der Waals surface area contributed by atoms with Crippen molar-refractivity contribution in [1.29, 1.82) is 0 Å². The van der Waals surface area contributed by atoms with E-state index in [9.17, 15) is 20.2 Å². The Hall–Kier alpha value is -2.98. The fourth-order valence-electron chi connectivity index (χ4n) is 2.05. The number of pyridine rings is 2. The Morgan fingerprint density at radius 2 is 1.08 bits per heavy atom. The summed E-state index contributed by atoms with van der Waals surface area (Å²) in [6, 6.07) is 9.34. The predicted molar refractivity (Wildman–Crippen MR) is 96.5 cm³/mol. The molecule has 8 nitrogen and oxygen atoms in total. The molecule has 0 saturated heterocycles. The summed E-state index contributed by atoms with van der Waals surface area (Å²) in [7, 11) is 0. The molecule has 130 valence electrons. The zero-order valence-corrected chi connectivity index (χ0v) is 14.6. The summed E-state index contributed by atoms with van der Waals surface area (Å²) >= 11 is 2.32. The number of rotatable bonds is 6. The van der Waals surface area contributed by atoms with Crippen LogP contribution in [-0.2, 0) is 0 Å². The Morgan fingerprint density at radius 3 is 1.42 bits per heavy atom. The van der Waals surface area contributed by atoms with E-state index in [0.717, 1.165) is 39.4 Å². The molecule has 0 fully saturated rings. The first-order chi connectivity index (χ1) is 12.5. The van der Waals surface area contributed by atoms with E-state index in [-0.39, 0.29) is 11.4 Å². The molecule has 0 spiro atoms. The van der Waals surface area contributed by atoms with Gasteiger partial charge in [0.25, 0.3) is 11.4 Å². The maximum absolute atomic E-state index is 11.4. The van der Waals surface area contributed by atoms with Gasteiger partial charge in [0.15, 0.2) is 0 Å². The van der Waals surface area contributed by atoms with Crippen LogP contribution in [-0.4, -0.2) is 19.8 Å². The topological polar surface area (TPSA) is 112 Å². The molecule has 0 aliphatic rings. The van der Waals surface area contributed by atoms with E-state index >= 15 is 0 Å². The van der Waals surface area contributed by atoms with Crippen LogP contribution >= 0.6 is 23.5 Å². The van der Waals surface area contributed by atoms with Gasteiger partial charge in [-0.2, -0.15) is 0 Å². The number of benzene rings is 1. The number of nitro benzene ring substituents is 2. The van der Waals surface area contributed by atoms with Gasteiger partial charge in [0.2, 0.25) is 0 Å². The number of nitrogens with zero attached hydrogens (tertiary/aromatic N) is 4. The zero-order chi connectivity index (χ0) is 18.5. The first-order valence-corrected chi connectivity index (χ1v) is 8.80. The molecule has 1 aromatic carbocycles. The SMILES string of the molecule is O=[N+]([O-])c1cc([N+](=O)[O-])c(Sc2ccncc2)cc1Sc1ccncc1. The molecule has 3 rings (SSSR count). The third-order valence-corrected chi connectivity index (χ3v) is 5.30. The van der Waals surface area contributed by atoms with Crippen LogP contribution in [0, 0.1) is 20.2 Å². The van der Waals surface area contributed by atoms with Crippen LogP contribution in [0.4, 0.5) is 11.4 Å². The highest BCUT2D eigenvalue weighted by Gasteiger charge is 2.25. The summed E-state index contributed by atoms with van der Waals surface area (Å²) in [6.07, 6.45) is 6.30. The third-order valence-electron chi connectivity index (χ3n) is 3.19. The fourth-order valence-corrected chi connectivity index (χ4v) is 3.98. The second-order valence-electron chi connectivity index (χ2n) is 4.87. The van der Waals surface area contributed by atoms with E-state index in [4.69, 9.17) is 0 Å². The summed E-state index contributed by atoms with van der Waals surface area (Å²) in [5, 5.41) is 22.8. The van der Waals surface area contributed by atoms with Crippen molar-refractivity contribution < 1.29 is 9.85 Å². The predicted octanol–water partition coefficient (Wildman–Crippen LogP) is 4.60. The van der Waals surface area contributed by atoms with Crippen LogP contribution in [0.25, 0.3) is 0 Å². The average Bonchev–Trinajstić information content (AvgIpc) is 2.63. The second kappa shape index (κ2) is 7.93.